The second-order valence-electron chi connectivity index (χ2n) is 10.9. The molecule has 0 atom stereocenters. The summed E-state index contributed by atoms with van der Waals surface area (Å²) in [5.41, 5.74) is 0. The zero-order chi connectivity index (χ0) is 26.7. The Balaban J connectivity index is 2.64. The Hall–Kier alpha value is -0.630. The predicted molar refractivity (Wildman–Crippen MR) is 166 cm³/mol. The van der Waals surface area contributed by atoms with Gasteiger partial charge < -0.3 is 0 Å². The van der Waals surface area contributed by atoms with Gasteiger partial charge in [0.1, 0.15) is 0 Å². The summed E-state index contributed by atoms with van der Waals surface area (Å²) >= 11 is 0. The predicted octanol–water partition coefficient (Wildman–Crippen LogP) is 11.8. The van der Waals surface area contributed by atoms with Crippen molar-refractivity contribution in [3.8, 4) is 5.75 Å². The third kappa shape index (κ3) is 20.0. The van der Waals surface area contributed by atoms with Gasteiger partial charge in [-0.1, -0.05) is 0 Å². The Morgan fingerprint density at radius 3 is 1.27 bits per heavy atom. The van der Waals surface area contributed by atoms with Crippen molar-refractivity contribution >= 4 is 7.94 Å². The zero-order valence-electron chi connectivity index (χ0n) is 25.1. The van der Waals surface area contributed by atoms with Crippen molar-refractivity contribution in [2.45, 2.75) is 156 Å². The normalized spacial score (nSPS) is 12.2. The molecule has 0 radical (unpaired) electrons. The molecule has 37 heavy (non-hydrogen) atoms. The van der Waals surface area contributed by atoms with Gasteiger partial charge in [-0.2, -0.15) is 0 Å². The maximum absolute atomic E-state index is 6.66. The van der Waals surface area contributed by atoms with Crippen LogP contribution in [0.15, 0.2) is 30.3 Å². The Labute approximate surface area is 232 Å². The second kappa shape index (κ2) is 25.6. The molecule has 4 heteroatoms. The standard InChI is InChI=1S/C33H63O3P/c1-4-7-10-13-16-19-25-30-34-37(36-33-28-23-22-24-29-33,32-27-21-18-15-12-9-6-3)35-31-26-20-17-14-11-8-5-2/h22-24,28-29,37H,4-21,25-27,30-32H2,1-3H3. The van der Waals surface area contributed by atoms with Crippen LogP contribution in [0, 0.1) is 0 Å². The maximum atomic E-state index is 6.66. The molecule has 0 aromatic heterocycles. The fourth-order valence-corrected chi connectivity index (χ4v) is 7.52. The monoisotopic (exact) mass is 538 g/mol. The van der Waals surface area contributed by atoms with Crippen LogP contribution in [-0.4, -0.2) is 19.4 Å². The molecule has 0 saturated carbocycles. The van der Waals surface area contributed by atoms with Gasteiger partial charge in [0.2, 0.25) is 0 Å². The molecule has 0 saturated heterocycles. The SMILES string of the molecule is CCCCCCCCCO[PH](CCCCCCCCC)(OCCCCCCCCC)Oc1ccccc1. The molecule has 0 amide bonds. The number of rotatable bonds is 28. The molecular formula is C33H63O3P. The molecule has 0 heterocycles. The van der Waals surface area contributed by atoms with E-state index in [1.54, 1.807) is 0 Å². The van der Waals surface area contributed by atoms with Gasteiger partial charge in [0.25, 0.3) is 0 Å². The van der Waals surface area contributed by atoms with Crippen molar-refractivity contribution < 1.29 is 13.6 Å². The molecular weight excluding hydrogens is 475 g/mol. The molecule has 0 spiro atoms. The molecule has 3 nitrogen and oxygen atoms in total. The quantitative estimate of drug-likeness (QED) is 0.0784. The molecule has 1 rings (SSSR count). The molecule has 0 fully saturated rings. The first-order valence-corrected chi connectivity index (χ1v) is 18.2. The van der Waals surface area contributed by atoms with Crippen molar-refractivity contribution in [1.29, 1.82) is 0 Å². The summed E-state index contributed by atoms with van der Waals surface area (Å²) in [4.78, 5) is 0. The van der Waals surface area contributed by atoms with Gasteiger partial charge in [-0.05, 0) is 0 Å². The first-order valence-electron chi connectivity index (χ1n) is 16.3. The number of benzene rings is 1. The van der Waals surface area contributed by atoms with Crippen LogP contribution in [0.1, 0.15) is 156 Å². The second-order valence-corrected chi connectivity index (χ2v) is 13.6. The number of unbranched alkanes of at least 4 members (excludes halogenated alkanes) is 18. The number of hydrogen-bond donors (Lipinski definition) is 0. The van der Waals surface area contributed by atoms with E-state index in [9.17, 15) is 0 Å². The van der Waals surface area contributed by atoms with Crippen molar-refractivity contribution in [3.63, 3.8) is 0 Å². The van der Waals surface area contributed by atoms with Gasteiger partial charge in [0, 0.05) is 0 Å². The molecule has 1 aromatic carbocycles. The summed E-state index contributed by atoms with van der Waals surface area (Å²) in [6.45, 7) is 8.37. The summed E-state index contributed by atoms with van der Waals surface area (Å²) < 4.78 is 20.0. The van der Waals surface area contributed by atoms with Crippen LogP contribution in [0.2, 0.25) is 0 Å². The van der Waals surface area contributed by atoms with E-state index in [2.05, 4.69) is 45.0 Å². The minimum atomic E-state index is -2.77. The van der Waals surface area contributed by atoms with E-state index in [1.807, 2.05) is 6.07 Å². The average molecular weight is 539 g/mol. The van der Waals surface area contributed by atoms with E-state index in [1.165, 1.54) is 116 Å². The summed E-state index contributed by atoms with van der Waals surface area (Å²) in [5.74, 6) is 0.899. The summed E-state index contributed by atoms with van der Waals surface area (Å²) in [6, 6.07) is 10.3. The Bertz CT molecular complexity index is 560. The van der Waals surface area contributed by atoms with E-state index >= 15 is 0 Å². The molecule has 1 aromatic rings. The van der Waals surface area contributed by atoms with Gasteiger partial charge in [0.15, 0.2) is 0 Å². The Morgan fingerprint density at radius 2 is 0.838 bits per heavy atom. The van der Waals surface area contributed by atoms with E-state index < -0.39 is 7.94 Å². The van der Waals surface area contributed by atoms with Crippen LogP contribution in [-0.2, 0) is 9.05 Å². The molecule has 0 bridgehead atoms. The van der Waals surface area contributed by atoms with E-state index in [-0.39, 0.29) is 0 Å². The van der Waals surface area contributed by atoms with Crippen molar-refractivity contribution in [2.24, 2.45) is 0 Å². The molecule has 218 valence electrons. The third-order valence-electron chi connectivity index (χ3n) is 7.24. The van der Waals surface area contributed by atoms with Crippen LogP contribution < -0.4 is 4.52 Å². The molecule has 0 N–H and O–H groups in total. The topological polar surface area (TPSA) is 27.7 Å². The summed E-state index contributed by atoms with van der Waals surface area (Å²) in [7, 11) is -2.77. The van der Waals surface area contributed by atoms with Crippen LogP contribution in [0.4, 0.5) is 0 Å². The van der Waals surface area contributed by atoms with Crippen LogP contribution in [0.25, 0.3) is 0 Å². The Morgan fingerprint density at radius 1 is 0.459 bits per heavy atom. The van der Waals surface area contributed by atoms with Crippen LogP contribution >= 0.6 is 7.94 Å². The van der Waals surface area contributed by atoms with Gasteiger partial charge in [-0.3, -0.25) is 0 Å². The molecule has 0 aliphatic rings. The van der Waals surface area contributed by atoms with Gasteiger partial charge >= 0.3 is 233 Å². The van der Waals surface area contributed by atoms with Gasteiger partial charge in [-0.15, -0.1) is 0 Å². The molecule has 0 unspecified atom stereocenters. The first kappa shape index (κ1) is 34.4. The average Bonchev–Trinajstić information content (AvgIpc) is 2.92. The zero-order valence-corrected chi connectivity index (χ0v) is 26.1. The van der Waals surface area contributed by atoms with Crippen molar-refractivity contribution in [3.05, 3.63) is 30.3 Å². The summed E-state index contributed by atoms with van der Waals surface area (Å²) in [5, 5.41) is 0. The van der Waals surface area contributed by atoms with E-state index in [0.717, 1.165) is 44.4 Å². The van der Waals surface area contributed by atoms with Gasteiger partial charge in [-0.25, -0.2) is 0 Å². The van der Waals surface area contributed by atoms with E-state index in [0.29, 0.717) is 0 Å². The fraction of sp³-hybridized carbons (Fsp3) is 0.818. The molecule has 0 aliphatic carbocycles. The van der Waals surface area contributed by atoms with Crippen LogP contribution in [0.5, 0.6) is 5.75 Å². The fourth-order valence-electron chi connectivity index (χ4n) is 4.84. The summed E-state index contributed by atoms with van der Waals surface area (Å²) in [6.07, 6.45) is 28.1. The molecule has 0 aliphatic heterocycles. The number of para-hydroxylation sites is 1. The van der Waals surface area contributed by atoms with Gasteiger partial charge in [0.05, 0.1) is 0 Å². The third-order valence-corrected chi connectivity index (χ3v) is 10.0. The minimum absolute atomic E-state index is 0.764. The van der Waals surface area contributed by atoms with Crippen molar-refractivity contribution in [1.82, 2.24) is 0 Å². The van der Waals surface area contributed by atoms with E-state index in [4.69, 9.17) is 13.6 Å². The van der Waals surface area contributed by atoms with Crippen LogP contribution in [0.3, 0.4) is 0 Å². The van der Waals surface area contributed by atoms with Crippen molar-refractivity contribution in [2.75, 3.05) is 19.4 Å². The number of hydrogen-bond acceptors (Lipinski definition) is 3. The Kier molecular flexibility index (Phi) is 23.8. The first-order chi connectivity index (χ1) is 18.3.